The third-order valence-corrected chi connectivity index (χ3v) is 9.80. The van der Waals surface area contributed by atoms with Crippen LogP contribution in [0.2, 0.25) is 10.0 Å². The van der Waals surface area contributed by atoms with Crippen LogP contribution in [0.3, 0.4) is 0 Å². The number of nitrogens with zero attached hydrogens (tertiary/aromatic N) is 2. The molecule has 9 nitrogen and oxygen atoms in total. The minimum atomic E-state index is -3.72. The number of ether oxygens (including phenoxy) is 3. The number of alkyl halides is 2. The number of hydrogen-bond acceptors (Lipinski definition) is 9. The number of benzene rings is 1. The lowest BCUT2D eigenvalue weighted by molar-refractivity contribution is -0.0515. The summed E-state index contributed by atoms with van der Waals surface area (Å²) < 4.78 is 70.4. The van der Waals surface area contributed by atoms with Crippen molar-refractivity contribution in [1.82, 2.24) is 9.97 Å². The van der Waals surface area contributed by atoms with E-state index in [0.717, 1.165) is 29.7 Å². The number of nitrogens with one attached hydrogen (secondary N) is 1. The minimum absolute atomic E-state index is 0.0161. The summed E-state index contributed by atoms with van der Waals surface area (Å²) in [5.74, 6) is -0.676. The summed E-state index contributed by atoms with van der Waals surface area (Å²) in [6, 6.07) is 10.7. The first kappa shape index (κ1) is 32.9. The van der Waals surface area contributed by atoms with Crippen LogP contribution in [0, 0.1) is 5.92 Å². The van der Waals surface area contributed by atoms with E-state index in [1.807, 2.05) is 0 Å². The Morgan fingerprint density at radius 2 is 1.82 bits per heavy atom. The maximum Gasteiger partial charge on any atom is 0.387 e. The highest BCUT2D eigenvalue weighted by molar-refractivity contribution is 7.92. The zero-order chi connectivity index (χ0) is 32.0. The van der Waals surface area contributed by atoms with Gasteiger partial charge in [-0.05, 0) is 72.2 Å². The van der Waals surface area contributed by atoms with E-state index in [9.17, 15) is 22.0 Å². The average Bonchev–Trinajstić information content (AvgIpc) is 3.73. The number of sulfonamides is 1. The Bertz CT molecular complexity index is 1720. The second-order valence-electron chi connectivity index (χ2n) is 10.2. The molecule has 1 aliphatic carbocycles. The Kier molecular flexibility index (Phi) is 10.7. The van der Waals surface area contributed by atoms with E-state index < -0.39 is 28.7 Å². The van der Waals surface area contributed by atoms with E-state index in [1.54, 1.807) is 24.5 Å². The quantitative estimate of drug-likeness (QED) is 0.128. The molecule has 0 radical (unpaired) electrons. The molecule has 0 bridgehead atoms. The molecule has 0 amide bonds. The van der Waals surface area contributed by atoms with E-state index in [-0.39, 0.29) is 50.0 Å². The third-order valence-electron chi connectivity index (χ3n) is 6.76. The molecule has 1 saturated carbocycles. The number of aromatic nitrogens is 2. The smallest absolute Gasteiger partial charge is 0.387 e. The Labute approximate surface area is 272 Å². The predicted octanol–water partition coefficient (Wildman–Crippen LogP) is 7.36. The molecule has 1 N–H and O–H groups in total. The SMILES string of the molecule is O=C(O[C@@H](Cc1c(Cl)cncc1Cl)c1ccc(OC(F)F)c(OCC2CC2)c1)c1ccc(NS(=O)(=O)CCc2cccnc2)s1. The maximum atomic E-state index is 13.4. The fourth-order valence-corrected chi connectivity index (χ4v) is 6.95. The molecule has 0 spiro atoms. The number of rotatable bonds is 15. The van der Waals surface area contributed by atoms with Crippen LogP contribution in [0.5, 0.6) is 11.5 Å². The fraction of sp³-hybridized carbons (Fsp3) is 0.300. The number of carbonyl (C=O) groups is 1. The van der Waals surface area contributed by atoms with Gasteiger partial charge in [-0.2, -0.15) is 8.78 Å². The molecule has 1 aliphatic rings. The summed E-state index contributed by atoms with van der Waals surface area (Å²) in [5.41, 5.74) is 1.63. The van der Waals surface area contributed by atoms with Crippen LogP contribution in [-0.4, -0.2) is 43.3 Å². The molecule has 5 rings (SSSR count). The molecule has 3 heterocycles. The predicted molar refractivity (Wildman–Crippen MR) is 167 cm³/mol. The molecule has 1 atom stereocenters. The first-order chi connectivity index (χ1) is 21.6. The molecule has 0 saturated heterocycles. The highest BCUT2D eigenvalue weighted by Crippen LogP contribution is 2.38. The van der Waals surface area contributed by atoms with Gasteiger partial charge in [-0.15, -0.1) is 11.3 Å². The second kappa shape index (κ2) is 14.7. The van der Waals surface area contributed by atoms with E-state index in [1.165, 1.54) is 42.7 Å². The summed E-state index contributed by atoms with van der Waals surface area (Å²) in [6.45, 7) is -2.74. The van der Waals surface area contributed by atoms with Gasteiger partial charge in [0, 0.05) is 31.2 Å². The number of carbonyl (C=O) groups excluding carboxylic acids is 1. The monoisotopic (exact) mass is 697 g/mol. The van der Waals surface area contributed by atoms with Crippen LogP contribution < -0.4 is 14.2 Å². The molecular weight excluding hydrogens is 671 g/mol. The summed E-state index contributed by atoms with van der Waals surface area (Å²) in [4.78, 5) is 21.4. The molecule has 4 aromatic rings. The van der Waals surface area contributed by atoms with Crippen molar-refractivity contribution >= 4 is 55.5 Å². The summed E-state index contributed by atoms with van der Waals surface area (Å²) in [5, 5.41) is 0.713. The number of esters is 1. The van der Waals surface area contributed by atoms with Crippen LogP contribution in [0.1, 0.15) is 45.3 Å². The van der Waals surface area contributed by atoms with Gasteiger partial charge in [-0.1, -0.05) is 35.3 Å². The van der Waals surface area contributed by atoms with Crippen LogP contribution >= 0.6 is 34.5 Å². The van der Waals surface area contributed by atoms with Crippen LogP contribution in [0.15, 0.2) is 67.3 Å². The van der Waals surface area contributed by atoms with E-state index in [2.05, 4.69) is 19.4 Å². The van der Waals surface area contributed by atoms with E-state index in [4.69, 9.17) is 32.7 Å². The van der Waals surface area contributed by atoms with Crippen LogP contribution in [0.4, 0.5) is 13.8 Å². The molecule has 0 unspecified atom stereocenters. The lowest BCUT2D eigenvalue weighted by Crippen LogP contribution is -2.17. The van der Waals surface area contributed by atoms with Crippen molar-refractivity contribution < 1.29 is 36.2 Å². The molecule has 238 valence electrons. The third kappa shape index (κ3) is 9.49. The number of thiophene rings is 1. The molecule has 45 heavy (non-hydrogen) atoms. The Morgan fingerprint density at radius 3 is 2.51 bits per heavy atom. The molecule has 3 aromatic heterocycles. The number of anilines is 1. The number of hydrogen-bond donors (Lipinski definition) is 1. The van der Waals surface area contributed by atoms with Gasteiger partial charge in [0.15, 0.2) is 11.5 Å². The normalized spacial score (nSPS) is 13.8. The summed E-state index contributed by atoms with van der Waals surface area (Å²) in [6.07, 6.45) is 7.24. The second-order valence-corrected chi connectivity index (χ2v) is 14.0. The Morgan fingerprint density at radius 1 is 1.04 bits per heavy atom. The summed E-state index contributed by atoms with van der Waals surface area (Å²) in [7, 11) is -3.72. The first-order valence-corrected chi connectivity index (χ1v) is 17.0. The molecule has 15 heteroatoms. The Hall–Kier alpha value is -3.52. The van der Waals surface area contributed by atoms with Gasteiger partial charge < -0.3 is 14.2 Å². The van der Waals surface area contributed by atoms with Crippen LogP contribution in [-0.2, 0) is 27.6 Å². The lowest BCUT2D eigenvalue weighted by Gasteiger charge is -2.21. The van der Waals surface area contributed by atoms with Crippen molar-refractivity contribution in [3.8, 4) is 11.5 Å². The van der Waals surface area contributed by atoms with Gasteiger partial charge in [0.2, 0.25) is 10.0 Å². The summed E-state index contributed by atoms with van der Waals surface area (Å²) >= 11 is 13.6. The molecular formula is C30H27Cl2F2N3O6S2. The van der Waals surface area contributed by atoms with E-state index in [0.29, 0.717) is 23.7 Å². The molecule has 0 aliphatic heterocycles. The van der Waals surface area contributed by atoms with Crippen molar-refractivity contribution in [2.24, 2.45) is 5.92 Å². The standard InChI is InChI=1S/C30H27Cl2F2N3O6S2/c31-22-15-36-16-23(32)21(22)13-25(20-5-6-24(43-30(33)34)26(12-20)41-17-19-3-4-19)42-29(38)27-7-8-28(44-27)37-45(39,40)11-9-18-2-1-10-35-14-18/h1-2,5-8,10,12,14-16,19,25,30,37H,3-4,9,11,13,17H2/t25-/m0/s1. The molecule has 1 aromatic carbocycles. The van der Waals surface area contributed by atoms with Crippen molar-refractivity contribution in [1.29, 1.82) is 0 Å². The number of halogens is 4. The number of aryl methyl sites for hydroxylation is 1. The maximum absolute atomic E-state index is 13.4. The van der Waals surface area contributed by atoms with Crippen molar-refractivity contribution in [3.63, 3.8) is 0 Å². The van der Waals surface area contributed by atoms with E-state index >= 15 is 0 Å². The lowest BCUT2D eigenvalue weighted by atomic mass is 10.0. The minimum Gasteiger partial charge on any atom is -0.489 e. The van der Waals surface area contributed by atoms with Gasteiger partial charge in [0.05, 0.1) is 22.4 Å². The van der Waals surface area contributed by atoms with Gasteiger partial charge in [0.1, 0.15) is 16.0 Å². The average molecular weight is 699 g/mol. The largest absolute Gasteiger partial charge is 0.489 e. The van der Waals surface area contributed by atoms with Crippen molar-refractivity contribution in [3.05, 3.63) is 98.9 Å². The topological polar surface area (TPSA) is 117 Å². The van der Waals surface area contributed by atoms with Gasteiger partial charge in [-0.3, -0.25) is 14.7 Å². The van der Waals surface area contributed by atoms with Crippen LogP contribution in [0.25, 0.3) is 0 Å². The van der Waals surface area contributed by atoms with Gasteiger partial charge >= 0.3 is 12.6 Å². The highest BCUT2D eigenvalue weighted by Gasteiger charge is 2.27. The van der Waals surface area contributed by atoms with Crippen molar-refractivity contribution in [2.45, 2.75) is 38.4 Å². The molecule has 1 fully saturated rings. The Balaban J connectivity index is 1.36. The zero-order valence-corrected chi connectivity index (χ0v) is 26.6. The zero-order valence-electron chi connectivity index (χ0n) is 23.5. The first-order valence-electron chi connectivity index (χ1n) is 13.8. The fourth-order valence-electron chi connectivity index (χ4n) is 4.26. The van der Waals surface area contributed by atoms with Crippen molar-refractivity contribution in [2.75, 3.05) is 17.1 Å². The highest BCUT2D eigenvalue weighted by atomic mass is 35.5. The number of pyridine rings is 2. The van der Waals surface area contributed by atoms with Gasteiger partial charge in [0.25, 0.3) is 0 Å². The van der Waals surface area contributed by atoms with Gasteiger partial charge in [-0.25, -0.2) is 13.2 Å².